The number of rotatable bonds is 4. The average Bonchev–Trinajstić information content (AvgIpc) is 3.04. The van der Waals surface area contributed by atoms with Crippen LogP contribution in [-0.2, 0) is 21.3 Å². The quantitative estimate of drug-likeness (QED) is 0.852. The van der Waals surface area contributed by atoms with E-state index in [0.29, 0.717) is 0 Å². The third-order valence-electron chi connectivity index (χ3n) is 3.83. The molecule has 0 aliphatic carbocycles. The second-order valence-electron chi connectivity index (χ2n) is 5.28. The monoisotopic (exact) mass is 339 g/mol. The molecular formula is C15H18FN3O3S. The molecule has 23 heavy (non-hydrogen) atoms. The molecule has 1 saturated heterocycles. The van der Waals surface area contributed by atoms with E-state index in [4.69, 9.17) is 4.74 Å². The normalized spacial score (nSPS) is 19.8. The molecule has 1 aliphatic rings. The molecule has 124 valence electrons. The molecule has 0 amide bonds. The molecule has 8 heteroatoms. The topological polar surface area (TPSA) is 64.4 Å². The van der Waals surface area contributed by atoms with Gasteiger partial charge in [-0.2, -0.15) is 9.40 Å². The van der Waals surface area contributed by atoms with Crippen LogP contribution in [0.25, 0.3) is 0 Å². The Labute approximate surface area is 134 Å². The molecule has 6 nitrogen and oxygen atoms in total. The van der Waals surface area contributed by atoms with Crippen LogP contribution in [0.3, 0.4) is 0 Å². The van der Waals surface area contributed by atoms with Crippen molar-refractivity contribution in [2.75, 3.05) is 19.7 Å². The minimum atomic E-state index is -3.88. The summed E-state index contributed by atoms with van der Waals surface area (Å²) in [6.45, 7) is 3.30. The van der Waals surface area contributed by atoms with Gasteiger partial charge in [-0.05, 0) is 19.1 Å². The lowest BCUT2D eigenvalue weighted by Crippen LogP contribution is -2.42. The van der Waals surface area contributed by atoms with Crippen LogP contribution in [0.5, 0.6) is 0 Å². The number of sulfonamides is 1. The van der Waals surface area contributed by atoms with Crippen LogP contribution in [0.4, 0.5) is 4.39 Å². The molecule has 1 aromatic carbocycles. The molecule has 1 aliphatic heterocycles. The SMILES string of the molecule is CCn1cc([C@@H]2CN(S(=O)(=O)c3ccccc3F)CCO2)cn1. The predicted molar refractivity (Wildman–Crippen MR) is 81.8 cm³/mol. The largest absolute Gasteiger partial charge is 0.371 e. The summed E-state index contributed by atoms with van der Waals surface area (Å²) < 4.78 is 47.9. The molecule has 0 unspecified atom stereocenters. The van der Waals surface area contributed by atoms with Gasteiger partial charge < -0.3 is 4.74 Å². The predicted octanol–water partition coefficient (Wildman–Crippen LogP) is 1.80. The first kappa shape index (κ1) is 16.1. The van der Waals surface area contributed by atoms with Crippen molar-refractivity contribution in [3.05, 3.63) is 48.0 Å². The maximum atomic E-state index is 13.9. The fourth-order valence-electron chi connectivity index (χ4n) is 2.56. The van der Waals surface area contributed by atoms with Crippen LogP contribution >= 0.6 is 0 Å². The van der Waals surface area contributed by atoms with E-state index < -0.39 is 21.9 Å². The van der Waals surface area contributed by atoms with Gasteiger partial charge in [0.15, 0.2) is 0 Å². The Balaban J connectivity index is 1.84. The summed E-state index contributed by atoms with van der Waals surface area (Å²) in [4.78, 5) is -0.301. The van der Waals surface area contributed by atoms with Crippen molar-refractivity contribution in [2.45, 2.75) is 24.5 Å². The number of hydrogen-bond acceptors (Lipinski definition) is 4. The lowest BCUT2D eigenvalue weighted by Gasteiger charge is -2.31. The zero-order valence-electron chi connectivity index (χ0n) is 12.7. The number of aromatic nitrogens is 2. The summed E-state index contributed by atoms with van der Waals surface area (Å²) >= 11 is 0. The standard InChI is InChI=1S/C15H18FN3O3S/c1-2-18-10-12(9-17-18)14-11-19(7-8-22-14)23(20,21)15-6-4-3-5-13(15)16/h3-6,9-10,14H,2,7-8,11H2,1H3/t14-/m0/s1. The summed E-state index contributed by atoms with van der Waals surface area (Å²) in [7, 11) is -3.88. The fourth-order valence-corrected chi connectivity index (χ4v) is 4.05. The van der Waals surface area contributed by atoms with Gasteiger partial charge in [-0.15, -0.1) is 0 Å². The third-order valence-corrected chi connectivity index (χ3v) is 5.73. The van der Waals surface area contributed by atoms with Gasteiger partial charge in [0.1, 0.15) is 10.7 Å². The third kappa shape index (κ3) is 3.15. The van der Waals surface area contributed by atoms with Gasteiger partial charge in [0.2, 0.25) is 10.0 Å². The van der Waals surface area contributed by atoms with Crippen LogP contribution in [0.1, 0.15) is 18.6 Å². The highest BCUT2D eigenvalue weighted by atomic mass is 32.2. The number of nitrogens with zero attached hydrogens (tertiary/aromatic N) is 3. The molecule has 0 saturated carbocycles. The number of benzene rings is 1. The van der Waals surface area contributed by atoms with Crippen molar-refractivity contribution in [2.24, 2.45) is 0 Å². The van der Waals surface area contributed by atoms with E-state index >= 15 is 0 Å². The fraction of sp³-hybridized carbons (Fsp3) is 0.400. The minimum Gasteiger partial charge on any atom is -0.371 e. The summed E-state index contributed by atoms with van der Waals surface area (Å²) in [6, 6.07) is 5.41. The van der Waals surface area contributed by atoms with Gasteiger partial charge in [0, 0.05) is 31.4 Å². The highest BCUT2D eigenvalue weighted by Crippen LogP contribution is 2.27. The number of halogens is 1. The van der Waals surface area contributed by atoms with Gasteiger partial charge in [-0.3, -0.25) is 4.68 Å². The van der Waals surface area contributed by atoms with Crippen molar-refractivity contribution in [3.63, 3.8) is 0 Å². The van der Waals surface area contributed by atoms with Crippen molar-refractivity contribution in [1.29, 1.82) is 0 Å². The second kappa shape index (κ2) is 6.38. The molecule has 1 aromatic heterocycles. The zero-order chi connectivity index (χ0) is 16.4. The first-order valence-electron chi connectivity index (χ1n) is 7.41. The van der Waals surface area contributed by atoms with Crippen LogP contribution in [0.2, 0.25) is 0 Å². The van der Waals surface area contributed by atoms with E-state index in [1.807, 2.05) is 13.1 Å². The zero-order valence-corrected chi connectivity index (χ0v) is 13.5. The minimum absolute atomic E-state index is 0.145. The van der Waals surface area contributed by atoms with Crippen LogP contribution in [0, 0.1) is 5.82 Å². The van der Waals surface area contributed by atoms with E-state index in [2.05, 4.69) is 5.10 Å². The Morgan fingerprint density at radius 3 is 2.87 bits per heavy atom. The summed E-state index contributed by atoms with van der Waals surface area (Å²) in [5.41, 5.74) is 0.820. The molecule has 1 fully saturated rings. The van der Waals surface area contributed by atoms with Crippen LogP contribution in [0.15, 0.2) is 41.6 Å². The highest BCUT2D eigenvalue weighted by molar-refractivity contribution is 7.89. The lowest BCUT2D eigenvalue weighted by molar-refractivity contribution is -0.00265. The first-order chi connectivity index (χ1) is 11.0. The van der Waals surface area contributed by atoms with Crippen LogP contribution < -0.4 is 0 Å². The Bertz CT molecular complexity index is 791. The number of aryl methyl sites for hydroxylation is 1. The highest BCUT2D eigenvalue weighted by Gasteiger charge is 2.33. The van der Waals surface area contributed by atoms with E-state index in [9.17, 15) is 12.8 Å². The Hall–Kier alpha value is -1.77. The maximum absolute atomic E-state index is 13.9. The number of hydrogen-bond donors (Lipinski definition) is 0. The molecule has 3 rings (SSSR count). The van der Waals surface area contributed by atoms with Crippen LogP contribution in [-0.4, -0.2) is 42.2 Å². The molecule has 2 aromatic rings. The Morgan fingerprint density at radius 2 is 2.17 bits per heavy atom. The van der Waals surface area contributed by atoms with E-state index in [1.54, 1.807) is 10.9 Å². The van der Waals surface area contributed by atoms with Gasteiger partial charge in [0.25, 0.3) is 0 Å². The van der Waals surface area contributed by atoms with E-state index in [0.717, 1.165) is 18.2 Å². The van der Waals surface area contributed by atoms with Gasteiger partial charge in [-0.25, -0.2) is 12.8 Å². The average molecular weight is 339 g/mol. The molecule has 0 spiro atoms. The molecule has 0 N–H and O–H groups in total. The van der Waals surface area contributed by atoms with Crippen molar-refractivity contribution in [1.82, 2.24) is 14.1 Å². The summed E-state index contributed by atoms with van der Waals surface area (Å²) in [6.07, 6.45) is 3.11. The lowest BCUT2D eigenvalue weighted by atomic mass is 10.2. The number of ether oxygens (including phenoxy) is 1. The second-order valence-corrected chi connectivity index (χ2v) is 7.19. The smallest absolute Gasteiger partial charge is 0.246 e. The first-order valence-corrected chi connectivity index (χ1v) is 8.85. The molecule has 0 bridgehead atoms. The Kier molecular flexibility index (Phi) is 4.47. The molecule has 1 atom stereocenters. The van der Waals surface area contributed by atoms with E-state index in [-0.39, 0.29) is 24.6 Å². The molecule has 2 heterocycles. The molecule has 0 radical (unpaired) electrons. The molecular weight excluding hydrogens is 321 g/mol. The Morgan fingerprint density at radius 1 is 1.39 bits per heavy atom. The number of morpholine rings is 1. The van der Waals surface area contributed by atoms with Gasteiger partial charge in [0.05, 0.1) is 18.9 Å². The van der Waals surface area contributed by atoms with E-state index in [1.165, 1.54) is 22.5 Å². The van der Waals surface area contributed by atoms with Crippen molar-refractivity contribution < 1.29 is 17.5 Å². The van der Waals surface area contributed by atoms with Gasteiger partial charge in [-0.1, -0.05) is 12.1 Å². The van der Waals surface area contributed by atoms with Gasteiger partial charge >= 0.3 is 0 Å². The van der Waals surface area contributed by atoms with Crippen molar-refractivity contribution in [3.8, 4) is 0 Å². The summed E-state index contributed by atoms with van der Waals surface area (Å²) in [5.74, 6) is -0.741. The van der Waals surface area contributed by atoms with Crippen molar-refractivity contribution >= 4 is 10.0 Å². The maximum Gasteiger partial charge on any atom is 0.246 e. The summed E-state index contributed by atoms with van der Waals surface area (Å²) in [5, 5.41) is 4.18.